The van der Waals surface area contributed by atoms with Crippen LogP contribution in [0.3, 0.4) is 0 Å². The van der Waals surface area contributed by atoms with Gasteiger partial charge in [0.1, 0.15) is 5.60 Å². The summed E-state index contributed by atoms with van der Waals surface area (Å²) >= 11 is 9.69. The Kier molecular flexibility index (Phi) is 3.85. The molecule has 0 unspecified atom stereocenters. The van der Waals surface area contributed by atoms with E-state index in [9.17, 15) is 4.79 Å². The lowest BCUT2D eigenvalue weighted by atomic mass is 10.1. The molecule has 0 bridgehead atoms. The smallest absolute Gasteiger partial charge is 0.411 e. The van der Waals surface area contributed by atoms with Crippen LogP contribution in [0.4, 0.5) is 4.79 Å². The quantitative estimate of drug-likeness (QED) is 0.667. The van der Waals surface area contributed by atoms with Gasteiger partial charge in [-0.3, -0.25) is 4.90 Å². The van der Waals surface area contributed by atoms with E-state index in [0.717, 1.165) is 15.6 Å². The van der Waals surface area contributed by atoms with Crippen molar-refractivity contribution < 1.29 is 9.53 Å². The number of rotatable bonds is 0. The van der Waals surface area contributed by atoms with Crippen LogP contribution < -0.4 is 0 Å². The van der Waals surface area contributed by atoms with Crippen LogP contribution in [0.1, 0.15) is 44.9 Å². The van der Waals surface area contributed by atoms with Crippen LogP contribution in [0.15, 0.2) is 16.6 Å². The van der Waals surface area contributed by atoms with Crippen LogP contribution in [-0.2, 0) is 11.3 Å². The molecule has 0 saturated carbocycles. The maximum atomic E-state index is 12.2. The number of carbonyl (C=O) groups excluding carboxylic acids is 1. The van der Waals surface area contributed by atoms with Crippen molar-refractivity contribution in [2.45, 2.75) is 45.9 Å². The minimum absolute atomic E-state index is 0.0181. The molecule has 1 aliphatic heterocycles. The summed E-state index contributed by atoms with van der Waals surface area (Å²) in [5.41, 5.74) is 1.59. The fraction of sp³-hybridized carbons (Fsp3) is 0.500. The molecule has 19 heavy (non-hydrogen) atoms. The lowest BCUT2D eigenvalue weighted by molar-refractivity contribution is 0.0187. The first kappa shape index (κ1) is 14.7. The van der Waals surface area contributed by atoms with Gasteiger partial charge in [0.2, 0.25) is 0 Å². The fourth-order valence-corrected chi connectivity index (χ4v) is 2.78. The minimum Gasteiger partial charge on any atom is -0.444 e. The fourth-order valence-electron chi connectivity index (χ4n) is 2.18. The van der Waals surface area contributed by atoms with Crippen molar-refractivity contribution in [2.75, 3.05) is 0 Å². The van der Waals surface area contributed by atoms with Crippen molar-refractivity contribution in [2.24, 2.45) is 0 Å². The number of benzene rings is 1. The van der Waals surface area contributed by atoms with Crippen molar-refractivity contribution in [3.05, 3.63) is 32.8 Å². The summed E-state index contributed by atoms with van der Waals surface area (Å²) in [4.78, 5) is 13.9. The highest BCUT2D eigenvalue weighted by Crippen LogP contribution is 2.40. The van der Waals surface area contributed by atoms with Crippen LogP contribution in [0.5, 0.6) is 0 Å². The Balaban J connectivity index is 2.26. The number of fused-ring (bicyclic) bond motifs is 1. The van der Waals surface area contributed by atoms with Crippen molar-refractivity contribution >= 4 is 33.6 Å². The highest BCUT2D eigenvalue weighted by molar-refractivity contribution is 9.10. The Labute approximate surface area is 127 Å². The van der Waals surface area contributed by atoms with Gasteiger partial charge in [0.05, 0.1) is 17.6 Å². The summed E-state index contributed by atoms with van der Waals surface area (Å²) in [5, 5.41) is 0.676. The van der Waals surface area contributed by atoms with E-state index in [4.69, 9.17) is 16.3 Å². The predicted molar refractivity (Wildman–Crippen MR) is 79.3 cm³/mol. The summed E-state index contributed by atoms with van der Waals surface area (Å²) in [6.07, 6.45) is -0.302. The van der Waals surface area contributed by atoms with Gasteiger partial charge in [-0.2, -0.15) is 0 Å². The van der Waals surface area contributed by atoms with E-state index in [1.54, 1.807) is 4.90 Å². The van der Waals surface area contributed by atoms with Crippen LogP contribution in [0.2, 0.25) is 5.02 Å². The molecule has 2 rings (SSSR count). The zero-order valence-electron chi connectivity index (χ0n) is 11.5. The molecule has 0 N–H and O–H groups in total. The van der Waals surface area contributed by atoms with Crippen molar-refractivity contribution in [1.82, 2.24) is 4.90 Å². The first-order valence-corrected chi connectivity index (χ1v) is 7.34. The number of amides is 1. The molecule has 0 aromatic heterocycles. The lowest BCUT2D eigenvalue weighted by Crippen LogP contribution is -2.35. The van der Waals surface area contributed by atoms with Gasteiger partial charge in [-0.1, -0.05) is 17.7 Å². The molecule has 1 aromatic carbocycles. The van der Waals surface area contributed by atoms with Crippen LogP contribution >= 0.6 is 27.5 Å². The van der Waals surface area contributed by atoms with E-state index < -0.39 is 5.60 Å². The molecule has 0 spiro atoms. The standard InChI is InChI=1S/C14H17BrClNO2/c1-8-9-5-6-11(15)12(16)10(9)7-17(8)13(18)19-14(2,3)4/h5-6,8H,7H2,1-4H3/t8-/m0/s1. The number of carbonyl (C=O) groups is 1. The molecule has 3 nitrogen and oxygen atoms in total. The maximum absolute atomic E-state index is 12.2. The van der Waals surface area contributed by atoms with E-state index in [1.807, 2.05) is 39.8 Å². The van der Waals surface area contributed by atoms with Crippen LogP contribution in [0, 0.1) is 0 Å². The first-order chi connectivity index (χ1) is 8.70. The van der Waals surface area contributed by atoms with Gasteiger partial charge >= 0.3 is 6.09 Å². The molecule has 0 aliphatic carbocycles. The van der Waals surface area contributed by atoms with Gasteiger partial charge in [-0.05, 0) is 60.8 Å². The number of ether oxygens (including phenoxy) is 1. The third-order valence-electron chi connectivity index (χ3n) is 3.11. The predicted octanol–water partition coefficient (Wildman–Crippen LogP) is 4.91. The highest BCUT2D eigenvalue weighted by atomic mass is 79.9. The Morgan fingerprint density at radius 3 is 2.68 bits per heavy atom. The summed E-state index contributed by atoms with van der Waals surface area (Å²) in [5.74, 6) is 0. The second kappa shape index (κ2) is 4.98. The SMILES string of the molecule is C[C@H]1c2ccc(Br)c(Cl)c2CN1C(=O)OC(C)(C)C. The molecular weight excluding hydrogens is 330 g/mol. The molecule has 5 heteroatoms. The molecule has 104 valence electrons. The second-order valence-electron chi connectivity index (χ2n) is 5.71. The van der Waals surface area contributed by atoms with Crippen molar-refractivity contribution in [3.8, 4) is 0 Å². The highest BCUT2D eigenvalue weighted by Gasteiger charge is 2.34. The lowest BCUT2D eigenvalue weighted by Gasteiger charge is -2.27. The number of hydrogen-bond acceptors (Lipinski definition) is 2. The van der Waals surface area contributed by atoms with Gasteiger partial charge in [0.15, 0.2) is 0 Å². The monoisotopic (exact) mass is 345 g/mol. The average molecular weight is 347 g/mol. The maximum Gasteiger partial charge on any atom is 0.411 e. The largest absolute Gasteiger partial charge is 0.444 e. The number of halogens is 2. The molecular formula is C14H17BrClNO2. The van der Waals surface area contributed by atoms with E-state index in [2.05, 4.69) is 15.9 Å². The summed E-state index contributed by atoms with van der Waals surface area (Å²) in [6, 6.07) is 3.90. The zero-order valence-corrected chi connectivity index (χ0v) is 13.8. The van der Waals surface area contributed by atoms with E-state index in [1.165, 1.54) is 0 Å². The summed E-state index contributed by atoms with van der Waals surface area (Å²) < 4.78 is 6.28. The topological polar surface area (TPSA) is 29.5 Å². The number of nitrogens with zero attached hydrogens (tertiary/aromatic N) is 1. The first-order valence-electron chi connectivity index (χ1n) is 6.17. The molecule has 0 fully saturated rings. The van der Waals surface area contributed by atoms with Gasteiger partial charge in [0, 0.05) is 4.47 Å². The second-order valence-corrected chi connectivity index (χ2v) is 6.95. The zero-order chi connectivity index (χ0) is 14.4. The molecule has 1 aliphatic rings. The Bertz CT molecular complexity index is 525. The number of hydrogen-bond donors (Lipinski definition) is 0. The molecule has 1 aromatic rings. The Hall–Kier alpha value is -0.740. The van der Waals surface area contributed by atoms with Crippen LogP contribution in [-0.4, -0.2) is 16.6 Å². The van der Waals surface area contributed by atoms with Crippen molar-refractivity contribution in [1.29, 1.82) is 0 Å². The molecule has 0 saturated heterocycles. The molecule has 1 amide bonds. The molecule has 1 heterocycles. The third kappa shape index (κ3) is 2.90. The van der Waals surface area contributed by atoms with E-state index >= 15 is 0 Å². The Morgan fingerprint density at radius 2 is 2.11 bits per heavy atom. The average Bonchev–Trinajstić information content (AvgIpc) is 2.60. The van der Waals surface area contributed by atoms with Gasteiger partial charge in [0.25, 0.3) is 0 Å². The summed E-state index contributed by atoms with van der Waals surface area (Å²) in [6.45, 7) is 8.07. The summed E-state index contributed by atoms with van der Waals surface area (Å²) in [7, 11) is 0. The minimum atomic E-state index is -0.490. The van der Waals surface area contributed by atoms with Gasteiger partial charge in [-0.15, -0.1) is 0 Å². The normalized spacial score (nSPS) is 18.4. The van der Waals surface area contributed by atoms with Gasteiger partial charge < -0.3 is 4.74 Å². The van der Waals surface area contributed by atoms with Crippen LogP contribution in [0.25, 0.3) is 0 Å². The third-order valence-corrected chi connectivity index (χ3v) is 4.43. The van der Waals surface area contributed by atoms with E-state index in [0.29, 0.717) is 11.6 Å². The molecule has 0 radical (unpaired) electrons. The van der Waals surface area contributed by atoms with Gasteiger partial charge in [-0.25, -0.2) is 4.79 Å². The molecule has 1 atom stereocenters. The van der Waals surface area contributed by atoms with Crippen molar-refractivity contribution in [3.63, 3.8) is 0 Å². The Morgan fingerprint density at radius 1 is 1.47 bits per heavy atom. The van der Waals surface area contributed by atoms with E-state index in [-0.39, 0.29) is 12.1 Å².